The van der Waals surface area contributed by atoms with Gasteiger partial charge in [-0.2, -0.15) is 5.10 Å². The zero-order valence-corrected chi connectivity index (χ0v) is 17.0. The molecule has 28 heavy (non-hydrogen) atoms. The fraction of sp³-hybridized carbons (Fsp3) is 0.190. The van der Waals surface area contributed by atoms with E-state index in [4.69, 9.17) is 11.6 Å². The largest absolute Gasteiger partial charge is 0.286 e. The molecule has 5 nitrogen and oxygen atoms in total. The summed E-state index contributed by atoms with van der Waals surface area (Å²) in [6, 6.07) is 15.6. The van der Waals surface area contributed by atoms with Crippen LogP contribution in [0.25, 0.3) is 10.2 Å². The Morgan fingerprint density at radius 3 is 2.71 bits per heavy atom. The SMILES string of the molecule is Cc1ccc(CC(=O)N(CCn2cccn2)c2nc3c(Cl)cccc3s2)cc1. The molecule has 0 radical (unpaired) electrons. The third kappa shape index (κ3) is 4.08. The number of aryl methyl sites for hydroxylation is 1. The normalized spacial score (nSPS) is 11.1. The Labute approximate surface area is 172 Å². The van der Waals surface area contributed by atoms with Crippen molar-refractivity contribution in [3.8, 4) is 0 Å². The quantitative estimate of drug-likeness (QED) is 0.461. The highest BCUT2D eigenvalue weighted by atomic mass is 35.5. The lowest BCUT2D eigenvalue weighted by Crippen LogP contribution is -2.35. The van der Waals surface area contributed by atoms with Crippen LogP contribution in [0.15, 0.2) is 60.9 Å². The van der Waals surface area contributed by atoms with E-state index in [9.17, 15) is 4.79 Å². The Balaban J connectivity index is 1.62. The van der Waals surface area contributed by atoms with Gasteiger partial charge in [-0.1, -0.05) is 58.8 Å². The highest BCUT2D eigenvalue weighted by Crippen LogP contribution is 2.33. The Morgan fingerprint density at radius 1 is 1.18 bits per heavy atom. The van der Waals surface area contributed by atoms with Crippen molar-refractivity contribution in [2.45, 2.75) is 19.9 Å². The van der Waals surface area contributed by atoms with Crippen LogP contribution < -0.4 is 4.90 Å². The molecule has 2 aromatic heterocycles. The first-order valence-corrected chi connectivity index (χ1v) is 10.2. The molecule has 4 aromatic rings. The molecule has 0 saturated heterocycles. The van der Waals surface area contributed by atoms with E-state index in [2.05, 4.69) is 10.1 Å². The summed E-state index contributed by atoms with van der Waals surface area (Å²) in [7, 11) is 0. The molecule has 0 aliphatic carbocycles. The van der Waals surface area contributed by atoms with Gasteiger partial charge in [0, 0.05) is 18.9 Å². The molecule has 1 amide bonds. The molecule has 0 saturated carbocycles. The van der Waals surface area contributed by atoms with Crippen LogP contribution >= 0.6 is 22.9 Å². The van der Waals surface area contributed by atoms with Crippen molar-refractivity contribution < 1.29 is 4.79 Å². The number of amides is 1. The van der Waals surface area contributed by atoms with E-state index in [1.165, 1.54) is 16.9 Å². The van der Waals surface area contributed by atoms with Crippen LogP contribution in [-0.2, 0) is 17.8 Å². The number of aromatic nitrogens is 3. The number of hydrogen-bond donors (Lipinski definition) is 0. The molecule has 4 rings (SSSR count). The van der Waals surface area contributed by atoms with Crippen LogP contribution in [0, 0.1) is 6.92 Å². The molecule has 2 aromatic carbocycles. The van der Waals surface area contributed by atoms with Gasteiger partial charge in [-0.05, 0) is 30.7 Å². The van der Waals surface area contributed by atoms with Gasteiger partial charge in [0.25, 0.3) is 0 Å². The molecule has 7 heteroatoms. The van der Waals surface area contributed by atoms with Crippen LogP contribution in [0.3, 0.4) is 0 Å². The predicted octanol–water partition coefficient (Wildman–Crippen LogP) is 4.73. The van der Waals surface area contributed by atoms with Gasteiger partial charge in [-0.3, -0.25) is 14.4 Å². The van der Waals surface area contributed by atoms with Gasteiger partial charge in [0.1, 0.15) is 5.52 Å². The smallest absolute Gasteiger partial charge is 0.233 e. The van der Waals surface area contributed by atoms with Gasteiger partial charge in [0.2, 0.25) is 5.91 Å². The number of fused-ring (bicyclic) bond motifs is 1. The first kappa shape index (κ1) is 18.7. The van der Waals surface area contributed by atoms with Gasteiger partial charge < -0.3 is 0 Å². The molecule has 2 heterocycles. The summed E-state index contributed by atoms with van der Waals surface area (Å²) >= 11 is 7.76. The lowest BCUT2D eigenvalue weighted by atomic mass is 10.1. The minimum atomic E-state index is 0.00573. The van der Waals surface area contributed by atoms with Crippen molar-refractivity contribution in [2.75, 3.05) is 11.4 Å². The van der Waals surface area contributed by atoms with E-state index >= 15 is 0 Å². The second-order valence-electron chi connectivity index (χ2n) is 6.56. The number of anilines is 1. The lowest BCUT2D eigenvalue weighted by Gasteiger charge is -2.20. The number of hydrogen-bond acceptors (Lipinski definition) is 4. The summed E-state index contributed by atoms with van der Waals surface area (Å²) in [5.41, 5.74) is 2.89. The van der Waals surface area contributed by atoms with Crippen molar-refractivity contribution in [1.82, 2.24) is 14.8 Å². The van der Waals surface area contributed by atoms with Crippen molar-refractivity contribution in [2.24, 2.45) is 0 Å². The van der Waals surface area contributed by atoms with Crippen molar-refractivity contribution >= 4 is 44.2 Å². The van der Waals surface area contributed by atoms with Crippen LogP contribution in [0.4, 0.5) is 5.13 Å². The fourth-order valence-corrected chi connectivity index (χ4v) is 4.27. The van der Waals surface area contributed by atoms with Crippen LogP contribution in [0.2, 0.25) is 5.02 Å². The molecular formula is C21H19ClN4OS. The first-order valence-electron chi connectivity index (χ1n) is 8.98. The molecule has 0 unspecified atom stereocenters. The Kier molecular flexibility index (Phi) is 5.41. The Bertz CT molecular complexity index is 1090. The first-order chi connectivity index (χ1) is 13.6. The van der Waals surface area contributed by atoms with E-state index in [1.54, 1.807) is 11.1 Å². The number of thiazole rings is 1. The molecule has 0 bridgehead atoms. The minimum Gasteiger partial charge on any atom is -0.286 e. The van der Waals surface area contributed by atoms with E-state index in [0.717, 1.165) is 15.8 Å². The van der Waals surface area contributed by atoms with E-state index in [0.29, 0.717) is 29.7 Å². The van der Waals surface area contributed by atoms with Gasteiger partial charge in [0.05, 0.1) is 22.7 Å². The van der Waals surface area contributed by atoms with E-state index in [-0.39, 0.29) is 5.91 Å². The standard InChI is InChI=1S/C21H19ClN4OS/c1-15-6-8-16(9-7-15)14-19(27)26(13-12-25-11-3-10-23-25)21-24-20-17(22)4-2-5-18(20)28-21/h2-11H,12-14H2,1H3. The summed E-state index contributed by atoms with van der Waals surface area (Å²) in [5.74, 6) is 0.00573. The third-order valence-corrected chi connectivity index (χ3v) is 5.83. The fourth-order valence-electron chi connectivity index (χ4n) is 2.96. The summed E-state index contributed by atoms with van der Waals surface area (Å²) in [5, 5.41) is 5.49. The van der Waals surface area contributed by atoms with Crippen LogP contribution in [-0.4, -0.2) is 27.2 Å². The molecule has 0 atom stereocenters. The molecule has 0 N–H and O–H groups in total. The van der Waals surface area contributed by atoms with Crippen molar-refractivity contribution in [1.29, 1.82) is 0 Å². The minimum absolute atomic E-state index is 0.00573. The zero-order valence-electron chi connectivity index (χ0n) is 15.4. The summed E-state index contributed by atoms with van der Waals surface area (Å²) in [4.78, 5) is 19.5. The Hall–Kier alpha value is -2.70. The van der Waals surface area contributed by atoms with Gasteiger partial charge in [0.15, 0.2) is 5.13 Å². The molecule has 142 valence electrons. The number of para-hydroxylation sites is 1. The number of carbonyl (C=O) groups is 1. The second-order valence-corrected chi connectivity index (χ2v) is 7.98. The molecule has 0 spiro atoms. The highest BCUT2D eigenvalue weighted by molar-refractivity contribution is 7.22. The highest BCUT2D eigenvalue weighted by Gasteiger charge is 2.21. The molecule has 0 fully saturated rings. The number of rotatable bonds is 6. The second kappa shape index (κ2) is 8.12. The molecule has 0 aliphatic heterocycles. The predicted molar refractivity (Wildman–Crippen MR) is 114 cm³/mol. The number of benzene rings is 2. The van der Waals surface area contributed by atoms with Gasteiger partial charge >= 0.3 is 0 Å². The van der Waals surface area contributed by atoms with Crippen LogP contribution in [0.1, 0.15) is 11.1 Å². The van der Waals surface area contributed by atoms with Crippen molar-refractivity contribution in [3.63, 3.8) is 0 Å². The van der Waals surface area contributed by atoms with Crippen LogP contribution in [0.5, 0.6) is 0 Å². The Morgan fingerprint density at radius 2 is 2.00 bits per heavy atom. The third-order valence-electron chi connectivity index (χ3n) is 4.48. The summed E-state index contributed by atoms with van der Waals surface area (Å²) in [6.45, 7) is 3.12. The van der Waals surface area contributed by atoms with Gasteiger partial charge in [-0.25, -0.2) is 4.98 Å². The number of halogens is 1. The van der Waals surface area contributed by atoms with Crippen molar-refractivity contribution in [3.05, 3.63) is 77.1 Å². The topological polar surface area (TPSA) is 51.0 Å². The zero-order chi connectivity index (χ0) is 19.5. The number of carbonyl (C=O) groups excluding carboxylic acids is 1. The van der Waals surface area contributed by atoms with E-state index in [1.807, 2.05) is 66.3 Å². The van der Waals surface area contributed by atoms with E-state index < -0.39 is 0 Å². The summed E-state index contributed by atoms with van der Waals surface area (Å²) < 4.78 is 2.78. The van der Waals surface area contributed by atoms with Gasteiger partial charge in [-0.15, -0.1) is 0 Å². The maximum Gasteiger partial charge on any atom is 0.233 e. The maximum absolute atomic E-state index is 13.1. The maximum atomic E-state index is 13.1. The molecular weight excluding hydrogens is 392 g/mol. The monoisotopic (exact) mass is 410 g/mol. The number of nitrogens with zero attached hydrogens (tertiary/aromatic N) is 4. The average Bonchev–Trinajstić information content (AvgIpc) is 3.34. The summed E-state index contributed by atoms with van der Waals surface area (Å²) in [6.07, 6.45) is 3.94. The molecule has 0 aliphatic rings. The average molecular weight is 411 g/mol. The lowest BCUT2D eigenvalue weighted by molar-refractivity contribution is -0.118.